The minimum absolute atomic E-state index is 0.230. The molecule has 172 valence electrons. The molecule has 2 N–H and O–H groups in total. The maximum atomic E-state index is 14.7. The summed E-state index contributed by atoms with van der Waals surface area (Å²) in [5, 5.41) is 5.29. The van der Waals surface area contributed by atoms with Gasteiger partial charge in [0.25, 0.3) is 5.91 Å². The predicted octanol–water partition coefficient (Wildman–Crippen LogP) is 3.56. The molecular formula is C25H21FN4O4. The van der Waals surface area contributed by atoms with E-state index < -0.39 is 23.9 Å². The summed E-state index contributed by atoms with van der Waals surface area (Å²) in [5.41, 5.74) is 2.03. The number of hydrogen-bond donors (Lipinski definition) is 2. The summed E-state index contributed by atoms with van der Waals surface area (Å²) in [6, 6.07) is 17.7. The van der Waals surface area contributed by atoms with Gasteiger partial charge in [-0.25, -0.2) is 14.2 Å². The Kier molecular flexibility index (Phi) is 5.59. The lowest BCUT2D eigenvalue weighted by atomic mass is 10.00. The summed E-state index contributed by atoms with van der Waals surface area (Å²) in [5.74, 6) is -0.0197. The molecule has 34 heavy (non-hydrogen) atoms. The number of benzodiazepines with no additional fused rings is 1. The molecule has 2 aliphatic rings. The van der Waals surface area contributed by atoms with Gasteiger partial charge in [-0.3, -0.25) is 4.79 Å². The molecule has 1 atom stereocenters. The summed E-state index contributed by atoms with van der Waals surface area (Å²) in [6.45, 7) is 0.771. The van der Waals surface area contributed by atoms with Crippen molar-refractivity contribution in [3.63, 3.8) is 0 Å². The van der Waals surface area contributed by atoms with Gasteiger partial charge in [-0.2, -0.15) is 0 Å². The summed E-state index contributed by atoms with van der Waals surface area (Å²) < 4.78 is 25.9. The van der Waals surface area contributed by atoms with Gasteiger partial charge < -0.3 is 25.0 Å². The summed E-state index contributed by atoms with van der Waals surface area (Å²) in [7, 11) is 1.59. The Bertz CT molecular complexity index is 1310. The molecule has 5 rings (SSSR count). The Morgan fingerprint density at radius 2 is 1.74 bits per heavy atom. The molecule has 0 spiro atoms. The third-order valence-corrected chi connectivity index (χ3v) is 5.55. The second-order valence-corrected chi connectivity index (χ2v) is 7.70. The molecule has 0 fully saturated rings. The summed E-state index contributed by atoms with van der Waals surface area (Å²) >= 11 is 0. The number of carbonyl (C=O) groups excluding carboxylic acids is 2. The number of halogens is 1. The van der Waals surface area contributed by atoms with E-state index in [1.807, 2.05) is 0 Å². The van der Waals surface area contributed by atoms with Gasteiger partial charge in [0.05, 0.1) is 17.1 Å². The lowest BCUT2D eigenvalue weighted by Crippen LogP contribution is -2.47. The number of anilines is 2. The minimum atomic E-state index is -1.29. The van der Waals surface area contributed by atoms with Crippen molar-refractivity contribution in [3.05, 3.63) is 83.7 Å². The van der Waals surface area contributed by atoms with E-state index in [1.54, 1.807) is 67.7 Å². The first-order valence-electron chi connectivity index (χ1n) is 10.7. The second kappa shape index (κ2) is 8.86. The molecule has 0 radical (unpaired) electrons. The van der Waals surface area contributed by atoms with Crippen molar-refractivity contribution < 1.29 is 23.5 Å². The van der Waals surface area contributed by atoms with Crippen LogP contribution in [0.1, 0.15) is 11.1 Å². The van der Waals surface area contributed by atoms with Crippen LogP contribution >= 0.6 is 0 Å². The number of hydrogen-bond acceptors (Lipinski definition) is 5. The average Bonchev–Trinajstić information content (AvgIpc) is 2.95. The van der Waals surface area contributed by atoms with Crippen molar-refractivity contribution >= 4 is 29.0 Å². The molecule has 0 saturated heterocycles. The van der Waals surface area contributed by atoms with Gasteiger partial charge in [-0.15, -0.1) is 0 Å². The first-order valence-corrected chi connectivity index (χ1v) is 10.7. The number of aliphatic imine (C=N–C) groups is 1. The van der Waals surface area contributed by atoms with Crippen molar-refractivity contribution in [1.29, 1.82) is 0 Å². The molecule has 0 saturated carbocycles. The Hall–Kier alpha value is -4.40. The van der Waals surface area contributed by atoms with E-state index in [1.165, 1.54) is 11.0 Å². The minimum Gasteiger partial charge on any atom is -0.486 e. The molecule has 0 bridgehead atoms. The fourth-order valence-corrected chi connectivity index (χ4v) is 3.94. The van der Waals surface area contributed by atoms with Crippen LogP contribution in [0, 0.1) is 5.82 Å². The highest BCUT2D eigenvalue weighted by Crippen LogP contribution is 2.37. The highest BCUT2D eigenvalue weighted by atomic mass is 19.1. The molecule has 2 aliphatic heterocycles. The Morgan fingerprint density at radius 1 is 1.00 bits per heavy atom. The highest BCUT2D eigenvalue weighted by Gasteiger charge is 2.32. The highest BCUT2D eigenvalue weighted by molar-refractivity contribution is 6.20. The lowest BCUT2D eigenvalue weighted by Gasteiger charge is -2.22. The van der Waals surface area contributed by atoms with Crippen molar-refractivity contribution in [1.82, 2.24) is 5.32 Å². The zero-order valence-electron chi connectivity index (χ0n) is 18.2. The van der Waals surface area contributed by atoms with Crippen LogP contribution in [0.2, 0.25) is 0 Å². The van der Waals surface area contributed by atoms with E-state index in [-0.39, 0.29) is 11.3 Å². The number of amides is 3. The predicted molar refractivity (Wildman–Crippen MR) is 125 cm³/mol. The van der Waals surface area contributed by atoms with Gasteiger partial charge in [0.1, 0.15) is 19.0 Å². The fraction of sp³-hybridized carbons (Fsp3) is 0.160. The number of para-hydroxylation sites is 2. The number of rotatable bonds is 3. The van der Waals surface area contributed by atoms with Crippen molar-refractivity contribution in [3.8, 4) is 11.5 Å². The van der Waals surface area contributed by atoms with Gasteiger partial charge in [0.2, 0.25) is 6.17 Å². The monoisotopic (exact) mass is 460 g/mol. The quantitative estimate of drug-likeness (QED) is 0.625. The smallest absolute Gasteiger partial charge is 0.321 e. The van der Waals surface area contributed by atoms with E-state index in [0.717, 1.165) is 0 Å². The van der Waals surface area contributed by atoms with Gasteiger partial charge in [0.15, 0.2) is 11.5 Å². The third kappa shape index (κ3) is 3.92. The van der Waals surface area contributed by atoms with Crippen LogP contribution in [-0.2, 0) is 4.79 Å². The molecule has 2 heterocycles. The normalized spacial score (nSPS) is 16.8. The van der Waals surface area contributed by atoms with E-state index in [9.17, 15) is 14.0 Å². The SMILES string of the molecule is CN1C(=O)C(NC(=O)Nc2cccc3c2OCCO3)N=C(c2ccccc2F)c2ccccc21. The van der Waals surface area contributed by atoms with Crippen molar-refractivity contribution in [2.24, 2.45) is 4.99 Å². The summed E-state index contributed by atoms with van der Waals surface area (Å²) in [4.78, 5) is 32.0. The van der Waals surface area contributed by atoms with E-state index >= 15 is 0 Å². The van der Waals surface area contributed by atoms with Gasteiger partial charge in [-0.05, 0) is 30.3 Å². The van der Waals surface area contributed by atoms with Gasteiger partial charge >= 0.3 is 6.03 Å². The molecule has 3 amide bonds. The number of benzene rings is 3. The fourth-order valence-electron chi connectivity index (χ4n) is 3.94. The maximum absolute atomic E-state index is 14.7. The van der Waals surface area contributed by atoms with E-state index in [0.29, 0.717) is 41.7 Å². The van der Waals surface area contributed by atoms with Crippen molar-refractivity contribution in [2.45, 2.75) is 6.17 Å². The second-order valence-electron chi connectivity index (χ2n) is 7.70. The van der Waals surface area contributed by atoms with Crippen LogP contribution in [0.4, 0.5) is 20.6 Å². The molecule has 8 nitrogen and oxygen atoms in total. The standard InChI is InChI=1S/C25H21FN4O4/c1-30-19-11-5-3-8-16(19)21(15-7-2-4-9-17(15)26)28-23(24(30)31)29-25(32)27-18-10-6-12-20-22(18)34-14-13-33-20/h2-12,23H,13-14H2,1H3,(H2,27,29,32). The molecule has 3 aromatic rings. The maximum Gasteiger partial charge on any atom is 0.321 e. The number of nitrogens with one attached hydrogen (secondary N) is 2. The van der Waals surface area contributed by atoms with Crippen LogP contribution in [0.15, 0.2) is 71.7 Å². The topological polar surface area (TPSA) is 92.3 Å². The number of urea groups is 1. The molecule has 3 aromatic carbocycles. The number of ether oxygens (including phenoxy) is 2. The third-order valence-electron chi connectivity index (χ3n) is 5.55. The number of likely N-dealkylation sites (N-methyl/N-ethyl adjacent to an activating group) is 1. The Balaban J connectivity index is 1.49. The van der Waals surface area contributed by atoms with Crippen molar-refractivity contribution in [2.75, 3.05) is 30.5 Å². The van der Waals surface area contributed by atoms with Crippen LogP contribution < -0.4 is 25.0 Å². The molecule has 1 unspecified atom stereocenters. The van der Waals surface area contributed by atoms with Crippen LogP contribution in [-0.4, -0.2) is 44.1 Å². The van der Waals surface area contributed by atoms with E-state index in [2.05, 4.69) is 15.6 Å². The lowest BCUT2D eigenvalue weighted by molar-refractivity contribution is -0.119. The molecule has 0 aliphatic carbocycles. The molecule has 0 aromatic heterocycles. The Morgan fingerprint density at radius 3 is 2.56 bits per heavy atom. The average molecular weight is 460 g/mol. The number of nitrogens with zero attached hydrogens (tertiary/aromatic N) is 2. The zero-order chi connectivity index (χ0) is 23.7. The van der Waals surface area contributed by atoms with Gasteiger partial charge in [0, 0.05) is 18.2 Å². The number of carbonyl (C=O) groups is 2. The number of fused-ring (bicyclic) bond motifs is 2. The van der Waals surface area contributed by atoms with E-state index in [4.69, 9.17) is 9.47 Å². The largest absolute Gasteiger partial charge is 0.486 e. The molecular weight excluding hydrogens is 439 g/mol. The first kappa shape index (κ1) is 21.4. The van der Waals surface area contributed by atoms with Crippen LogP contribution in [0.5, 0.6) is 11.5 Å². The first-order chi connectivity index (χ1) is 16.5. The zero-order valence-corrected chi connectivity index (χ0v) is 18.2. The van der Waals surface area contributed by atoms with Crippen LogP contribution in [0.25, 0.3) is 0 Å². The van der Waals surface area contributed by atoms with Crippen LogP contribution in [0.3, 0.4) is 0 Å². The van der Waals surface area contributed by atoms with Gasteiger partial charge in [-0.1, -0.05) is 36.4 Å². The summed E-state index contributed by atoms with van der Waals surface area (Å²) in [6.07, 6.45) is -1.29. The molecule has 9 heteroatoms. The Labute approximate surface area is 195 Å².